The zero-order chi connectivity index (χ0) is 12.2. The van der Waals surface area contributed by atoms with Gasteiger partial charge in [-0.1, -0.05) is 0 Å². The Bertz CT molecular complexity index is 626. The van der Waals surface area contributed by atoms with Crippen LogP contribution in [0.1, 0.15) is 27.3 Å². The fraction of sp³-hybridized carbons (Fsp3) is 0.273. The molecule has 2 aromatic rings. The lowest BCUT2D eigenvalue weighted by Gasteiger charge is -2.12. The summed E-state index contributed by atoms with van der Waals surface area (Å²) in [6.07, 6.45) is 1.60. The Kier molecular flexibility index (Phi) is 2.03. The number of hydrogen-bond acceptors (Lipinski definition) is 4. The number of nitrogens with one attached hydrogen (secondary N) is 1. The maximum Gasteiger partial charge on any atom is 0.251 e. The molecule has 88 valence electrons. The van der Waals surface area contributed by atoms with Gasteiger partial charge >= 0.3 is 0 Å². The number of amides is 1. The molecular formula is C11H12N4OS. The summed E-state index contributed by atoms with van der Waals surface area (Å²) >= 11 is 1.42. The number of rotatable bonds is 1. The molecule has 0 spiro atoms. The zero-order valence-corrected chi connectivity index (χ0v) is 10.1. The molecule has 0 bridgehead atoms. The minimum atomic E-state index is -0.440. The molecular weight excluding hydrogens is 236 g/mol. The van der Waals surface area contributed by atoms with Crippen molar-refractivity contribution in [2.24, 2.45) is 5.73 Å². The van der Waals surface area contributed by atoms with E-state index in [1.54, 1.807) is 0 Å². The van der Waals surface area contributed by atoms with E-state index < -0.39 is 5.91 Å². The molecule has 0 atom stereocenters. The number of carbonyl (C=O) groups excluding carboxylic acids is 1. The van der Waals surface area contributed by atoms with Crippen molar-refractivity contribution < 1.29 is 4.79 Å². The highest BCUT2D eigenvalue weighted by Gasteiger charge is 2.28. The smallest absolute Gasteiger partial charge is 0.251 e. The summed E-state index contributed by atoms with van der Waals surface area (Å²) < 4.78 is 0. The van der Waals surface area contributed by atoms with E-state index in [9.17, 15) is 4.79 Å². The molecule has 6 heteroatoms. The SMILES string of the molecule is Cc1[nH]nc2c1-c1sc(N)c(C(N)=O)c1CC2. The Balaban J connectivity index is 2.31. The maximum atomic E-state index is 11.4. The summed E-state index contributed by atoms with van der Waals surface area (Å²) in [5.41, 5.74) is 15.9. The average molecular weight is 248 g/mol. The number of nitrogens with zero attached hydrogens (tertiary/aromatic N) is 1. The van der Waals surface area contributed by atoms with Gasteiger partial charge in [0.15, 0.2) is 0 Å². The van der Waals surface area contributed by atoms with Crippen molar-refractivity contribution in [1.82, 2.24) is 10.2 Å². The van der Waals surface area contributed by atoms with Crippen LogP contribution in [-0.2, 0) is 12.8 Å². The van der Waals surface area contributed by atoms with Crippen molar-refractivity contribution in [2.45, 2.75) is 19.8 Å². The third kappa shape index (κ3) is 1.30. The summed E-state index contributed by atoms with van der Waals surface area (Å²) in [5, 5.41) is 7.75. The Hall–Kier alpha value is -1.82. The quantitative estimate of drug-likeness (QED) is 0.707. The molecule has 3 rings (SSSR count). The normalized spacial score (nSPS) is 13.2. The standard InChI is InChI=1S/C11H12N4OS/c1-4-7-6(15-14-4)3-2-5-8(10(12)16)11(13)17-9(5)7/h2-3,13H2,1H3,(H2,12,16)(H,14,15). The van der Waals surface area contributed by atoms with Gasteiger partial charge in [0.05, 0.1) is 16.3 Å². The summed E-state index contributed by atoms with van der Waals surface area (Å²) in [6.45, 7) is 1.97. The van der Waals surface area contributed by atoms with Crippen LogP contribution in [0, 0.1) is 6.92 Å². The molecule has 2 aromatic heterocycles. The van der Waals surface area contributed by atoms with Gasteiger partial charge in [-0.15, -0.1) is 11.3 Å². The molecule has 0 saturated carbocycles. The van der Waals surface area contributed by atoms with Crippen LogP contribution >= 0.6 is 11.3 Å². The molecule has 0 aromatic carbocycles. The Morgan fingerprint density at radius 3 is 2.94 bits per heavy atom. The van der Waals surface area contributed by atoms with Crippen molar-refractivity contribution in [3.8, 4) is 10.4 Å². The number of fused-ring (bicyclic) bond motifs is 3. The average Bonchev–Trinajstić information content (AvgIpc) is 2.78. The van der Waals surface area contributed by atoms with E-state index in [4.69, 9.17) is 11.5 Å². The van der Waals surface area contributed by atoms with Crippen LogP contribution in [0.3, 0.4) is 0 Å². The van der Waals surface area contributed by atoms with Crippen LogP contribution in [-0.4, -0.2) is 16.1 Å². The third-order valence-electron chi connectivity index (χ3n) is 3.14. The summed E-state index contributed by atoms with van der Waals surface area (Å²) in [4.78, 5) is 12.5. The highest BCUT2D eigenvalue weighted by molar-refractivity contribution is 7.20. The molecule has 5 nitrogen and oxygen atoms in total. The molecule has 0 fully saturated rings. The molecule has 0 aliphatic heterocycles. The number of nitrogen functional groups attached to an aromatic ring is 1. The number of aromatic nitrogens is 2. The number of aryl methyl sites for hydroxylation is 2. The predicted molar refractivity (Wildman–Crippen MR) is 67.0 cm³/mol. The minimum absolute atomic E-state index is 0.440. The largest absolute Gasteiger partial charge is 0.390 e. The van der Waals surface area contributed by atoms with Gasteiger partial charge in [0.1, 0.15) is 0 Å². The number of anilines is 1. The first-order valence-electron chi connectivity index (χ1n) is 5.34. The number of primary amides is 1. The van der Waals surface area contributed by atoms with Gasteiger partial charge in [-0.3, -0.25) is 9.89 Å². The second kappa shape index (κ2) is 3.33. The fourth-order valence-corrected chi connectivity index (χ4v) is 3.65. The molecule has 0 saturated heterocycles. The molecule has 0 unspecified atom stereocenters. The van der Waals surface area contributed by atoms with Gasteiger partial charge in [0.2, 0.25) is 0 Å². The van der Waals surface area contributed by atoms with Crippen LogP contribution in [0.2, 0.25) is 0 Å². The van der Waals surface area contributed by atoms with Gasteiger partial charge < -0.3 is 11.5 Å². The van der Waals surface area contributed by atoms with Crippen LogP contribution in [0.25, 0.3) is 10.4 Å². The van der Waals surface area contributed by atoms with E-state index in [2.05, 4.69) is 10.2 Å². The van der Waals surface area contributed by atoms with Crippen LogP contribution in [0.5, 0.6) is 0 Å². The summed E-state index contributed by atoms with van der Waals surface area (Å²) in [6, 6.07) is 0. The topological polar surface area (TPSA) is 97.8 Å². The number of H-pyrrole nitrogens is 1. The molecule has 1 amide bonds. The lowest BCUT2D eigenvalue weighted by atomic mass is 9.92. The van der Waals surface area contributed by atoms with Gasteiger partial charge in [-0.25, -0.2) is 0 Å². The predicted octanol–water partition coefficient (Wildman–Crippen LogP) is 1.23. The molecule has 0 radical (unpaired) electrons. The number of hydrogen-bond donors (Lipinski definition) is 3. The summed E-state index contributed by atoms with van der Waals surface area (Å²) in [7, 11) is 0. The zero-order valence-electron chi connectivity index (χ0n) is 9.33. The van der Waals surface area contributed by atoms with Crippen molar-refractivity contribution in [2.75, 3.05) is 5.73 Å². The van der Waals surface area contributed by atoms with Crippen molar-refractivity contribution in [3.05, 3.63) is 22.5 Å². The Morgan fingerprint density at radius 2 is 2.24 bits per heavy atom. The molecule has 2 heterocycles. The van der Waals surface area contributed by atoms with Gasteiger partial charge in [0, 0.05) is 16.1 Å². The van der Waals surface area contributed by atoms with Gasteiger partial charge in [-0.2, -0.15) is 5.10 Å². The second-order valence-electron chi connectivity index (χ2n) is 4.18. The number of carbonyl (C=O) groups is 1. The molecule has 5 N–H and O–H groups in total. The third-order valence-corrected chi connectivity index (χ3v) is 4.22. The van der Waals surface area contributed by atoms with Crippen LogP contribution < -0.4 is 11.5 Å². The van der Waals surface area contributed by atoms with Crippen molar-refractivity contribution in [1.29, 1.82) is 0 Å². The van der Waals surface area contributed by atoms with Gasteiger partial charge in [-0.05, 0) is 25.3 Å². The van der Waals surface area contributed by atoms with E-state index in [1.165, 1.54) is 11.3 Å². The first-order valence-corrected chi connectivity index (χ1v) is 6.16. The van der Waals surface area contributed by atoms with Crippen molar-refractivity contribution in [3.63, 3.8) is 0 Å². The van der Waals surface area contributed by atoms with E-state index in [-0.39, 0.29) is 0 Å². The van der Waals surface area contributed by atoms with Crippen LogP contribution in [0.15, 0.2) is 0 Å². The van der Waals surface area contributed by atoms with E-state index >= 15 is 0 Å². The fourth-order valence-electron chi connectivity index (χ4n) is 2.40. The van der Waals surface area contributed by atoms with Crippen LogP contribution in [0.4, 0.5) is 5.00 Å². The maximum absolute atomic E-state index is 11.4. The molecule has 1 aliphatic carbocycles. The van der Waals surface area contributed by atoms with E-state index in [1.807, 2.05) is 6.92 Å². The lowest BCUT2D eigenvalue weighted by molar-refractivity contribution is 0.100. The Labute approximate surface area is 102 Å². The first-order chi connectivity index (χ1) is 8.09. The number of thiophene rings is 1. The number of aromatic amines is 1. The molecule has 17 heavy (non-hydrogen) atoms. The minimum Gasteiger partial charge on any atom is -0.390 e. The highest BCUT2D eigenvalue weighted by Crippen LogP contribution is 2.44. The second-order valence-corrected chi connectivity index (χ2v) is 5.24. The molecule has 1 aliphatic rings. The monoisotopic (exact) mass is 248 g/mol. The van der Waals surface area contributed by atoms with E-state index in [0.717, 1.165) is 40.2 Å². The van der Waals surface area contributed by atoms with E-state index in [0.29, 0.717) is 10.6 Å². The Morgan fingerprint density at radius 1 is 1.47 bits per heavy atom. The lowest BCUT2D eigenvalue weighted by Crippen LogP contribution is -2.15. The van der Waals surface area contributed by atoms with Crippen molar-refractivity contribution >= 4 is 22.2 Å². The van der Waals surface area contributed by atoms with Gasteiger partial charge in [0.25, 0.3) is 5.91 Å². The summed E-state index contributed by atoms with van der Waals surface area (Å²) in [5.74, 6) is -0.440. The number of nitrogens with two attached hydrogens (primary N) is 2. The highest BCUT2D eigenvalue weighted by atomic mass is 32.1. The first kappa shape index (κ1) is 10.3.